The second-order valence-electron chi connectivity index (χ2n) is 6.59. The SMILES string of the molecule is COc1ccc(S(=O)(=O)Nc2ccc(C)c(C)c2)cc1NC(=O)c1ccccc1. The van der Waals surface area contributed by atoms with Crippen molar-refractivity contribution in [2.75, 3.05) is 17.1 Å². The van der Waals surface area contributed by atoms with Crippen LogP contribution in [0.1, 0.15) is 21.5 Å². The molecule has 6 nitrogen and oxygen atoms in total. The van der Waals surface area contributed by atoms with E-state index in [-0.39, 0.29) is 16.5 Å². The highest BCUT2D eigenvalue weighted by molar-refractivity contribution is 7.92. The summed E-state index contributed by atoms with van der Waals surface area (Å²) in [5, 5.41) is 2.71. The molecule has 2 N–H and O–H groups in total. The zero-order valence-electron chi connectivity index (χ0n) is 16.4. The first-order valence-electron chi connectivity index (χ1n) is 8.94. The Hall–Kier alpha value is -3.32. The van der Waals surface area contributed by atoms with Gasteiger partial charge < -0.3 is 10.1 Å². The third kappa shape index (κ3) is 4.75. The first-order chi connectivity index (χ1) is 13.8. The number of ether oxygens (including phenoxy) is 1. The number of methoxy groups -OCH3 is 1. The average Bonchev–Trinajstić information content (AvgIpc) is 2.71. The Balaban J connectivity index is 1.90. The van der Waals surface area contributed by atoms with Crippen LogP contribution in [0.2, 0.25) is 0 Å². The standard InChI is InChI=1S/C22H22N2O4S/c1-15-9-10-18(13-16(15)2)24-29(26,27)19-11-12-21(28-3)20(14-19)23-22(25)17-7-5-4-6-8-17/h4-14,24H,1-3H3,(H,23,25). The summed E-state index contributed by atoms with van der Waals surface area (Å²) in [4.78, 5) is 12.5. The third-order valence-electron chi connectivity index (χ3n) is 4.52. The van der Waals surface area contributed by atoms with Gasteiger partial charge >= 0.3 is 0 Å². The lowest BCUT2D eigenvalue weighted by Crippen LogP contribution is -2.16. The molecule has 3 aromatic rings. The van der Waals surface area contributed by atoms with Gasteiger partial charge in [0.05, 0.1) is 17.7 Å². The van der Waals surface area contributed by atoms with Crippen LogP contribution >= 0.6 is 0 Å². The third-order valence-corrected chi connectivity index (χ3v) is 5.90. The lowest BCUT2D eigenvalue weighted by atomic mass is 10.1. The Kier molecular flexibility index (Phi) is 5.89. The van der Waals surface area contributed by atoms with E-state index in [0.29, 0.717) is 17.0 Å². The molecule has 0 aliphatic rings. The molecule has 0 unspecified atom stereocenters. The number of rotatable bonds is 6. The normalized spacial score (nSPS) is 11.0. The quantitative estimate of drug-likeness (QED) is 0.632. The lowest BCUT2D eigenvalue weighted by Gasteiger charge is -2.14. The Labute approximate surface area is 170 Å². The molecule has 0 aliphatic heterocycles. The zero-order valence-corrected chi connectivity index (χ0v) is 17.2. The van der Waals surface area contributed by atoms with Crippen molar-refractivity contribution >= 4 is 27.3 Å². The zero-order chi connectivity index (χ0) is 21.0. The molecule has 0 radical (unpaired) electrons. The average molecular weight is 410 g/mol. The number of anilines is 2. The van der Waals surface area contributed by atoms with Crippen LogP contribution in [0.15, 0.2) is 71.6 Å². The van der Waals surface area contributed by atoms with Crippen molar-refractivity contribution in [3.05, 3.63) is 83.4 Å². The number of amides is 1. The van der Waals surface area contributed by atoms with Gasteiger partial charge in [0.25, 0.3) is 15.9 Å². The molecular formula is C22H22N2O4S. The van der Waals surface area contributed by atoms with Crippen molar-refractivity contribution in [1.29, 1.82) is 0 Å². The summed E-state index contributed by atoms with van der Waals surface area (Å²) in [5.74, 6) is -0.0000204. The molecule has 0 fully saturated rings. The van der Waals surface area contributed by atoms with Crippen molar-refractivity contribution in [2.24, 2.45) is 0 Å². The van der Waals surface area contributed by atoms with Crippen molar-refractivity contribution in [1.82, 2.24) is 0 Å². The smallest absolute Gasteiger partial charge is 0.261 e. The monoisotopic (exact) mass is 410 g/mol. The Morgan fingerprint density at radius 2 is 1.62 bits per heavy atom. The predicted octanol–water partition coefficient (Wildman–Crippen LogP) is 4.37. The first kappa shape index (κ1) is 20.4. The molecule has 0 aromatic heterocycles. The highest BCUT2D eigenvalue weighted by Gasteiger charge is 2.18. The molecule has 0 aliphatic carbocycles. The fourth-order valence-corrected chi connectivity index (χ4v) is 3.83. The highest BCUT2D eigenvalue weighted by atomic mass is 32.2. The maximum absolute atomic E-state index is 12.8. The van der Waals surface area contributed by atoms with E-state index in [1.54, 1.807) is 36.4 Å². The van der Waals surface area contributed by atoms with Crippen LogP contribution in [-0.2, 0) is 10.0 Å². The van der Waals surface area contributed by atoms with Crippen molar-refractivity contribution in [3.63, 3.8) is 0 Å². The van der Waals surface area contributed by atoms with E-state index in [1.807, 2.05) is 26.0 Å². The number of sulfonamides is 1. The molecular weight excluding hydrogens is 388 g/mol. The van der Waals surface area contributed by atoms with Gasteiger partial charge in [-0.3, -0.25) is 9.52 Å². The minimum absolute atomic E-state index is 0.0138. The molecule has 3 rings (SSSR count). The van der Waals surface area contributed by atoms with Gasteiger partial charge in [-0.15, -0.1) is 0 Å². The molecule has 0 bridgehead atoms. The van der Waals surface area contributed by atoms with Gasteiger partial charge in [0.2, 0.25) is 0 Å². The second-order valence-corrected chi connectivity index (χ2v) is 8.27. The molecule has 0 spiro atoms. The number of hydrogen-bond donors (Lipinski definition) is 2. The minimum Gasteiger partial charge on any atom is -0.495 e. The van der Waals surface area contributed by atoms with Crippen LogP contribution in [0.25, 0.3) is 0 Å². The van der Waals surface area contributed by atoms with E-state index in [1.165, 1.54) is 25.3 Å². The molecule has 0 saturated heterocycles. The van der Waals surface area contributed by atoms with E-state index in [0.717, 1.165) is 11.1 Å². The van der Waals surface area contributed by atoms with Crippen LogP contribution < -0.4 is 14.8 Å². The summed E-state index contributed by atoms with van der Waals surface area (Å²) < 4.78 is 33.5. The minimum atomic E-state index is -3.85. The van der Waals surface area contributed by atoms with E-state index >= 15 is 0 Å². The van der Waals surface area contributed by atoms with Gasteiger partial charge in [-0.25, -0.2) is 8.42 Å². The topological polar surface area (TPSA) is 84.5 Å². The second kappa shape index (κ2) is 8.36. The Morgan fingerprint density at radius 1 is 0.897 bits per heavy atom. The summed E-state index contributed by atoms with van der Waals surface area (Å²) >= 11 is 0. The maximum Gasteiger partial charge on any atom is 0.261 e. The molecule has 7 heteroatoms. The molecule has 0 heterocycles. The van der Waals surface area contributed by atoms with Crippen LogP contribution in [0.3, 0.4) is 0 Å². The Bertz CT molecular complexity index is 1140. The van der Waals surface area contributed by atoms with E-state index < -0.39 is 10.0 Å². The van der Waals surface area contributed by atoms with Gasteiger partial charge in [0.1, 0.15) is 5.75 Å². The van der Waals surface area contributed by atoms with Crippen LogP contribution in [-0.4, -0.2) is 21.4 Å². The molecule has 1 amide bonds. The summed E-state index contributed by atoms with van der Waals surface area (Å²) in [6, 6.07) is 18.3. The summed E-state index contributed by atoms with van der Waals surface area (Å²) in [6.45, 7) is 3.87. The summed E-state index contributed by atoms with van der Waals surface area (Å²) in [6.07, 6.45) is 0. The number of nitrogens with one attached hydrogen (secondary N) is 2. The van der Waals surface area contributed by atoms with Gasteiger partial charge in [-0.2, -0.15) is 0 Å². The first-order valence-corrected chi connectivity index (χ1v) is 10.4. The molecule has 29 heavy (non-hydrogen) atoms. The van der Waals surface area contributed by atoms with E-state index in [4.69, 9.17) is 4.74 Å². The van der Waals surface area contributed by atoms with Gasteiger partial charge in [0.15, 0.2) is 0 Å². The van der Waals surface area contributed by atoms with Crippen LogP contribution in [0.5, 0.6) is 5.75 Å². The largest absolute Gasteiger partial charge is 0.495 e. The molecule has 0 saturated carbocycles. The molecule has 150 valence electrons. The van der Waals surface area contributed by atoms with Crippen molar-refractivity contribution in [3.8, 4) is 5.75 Å². The number of carbonyl (C=O) groups excluding carboxylic acids is 1. The number of aryl methyl sites for hydroxylation is 2. The van der Waals surface area contributed by atoms with Crippen molar-refractivity contribution in [2.45, 2.75) is 18.7 Å². The lowest BCUT2D eigenvalue weighted by molar-refractivity contribution is 0.102. The van der Waals surface area contributed by atoms with Crippen molar-refractivity contribution < 1.29 is 17.9 Å². The van der Waals surface area contributed by atoms with Crippen LogP contribution in [0.4, 0.5) is 11.4 Å². The maximum atomic E-state index is 12.8. The van der Waals surface area contributed by atoms with E-state index in [9.17, 15) is 13.2 Å². The van der Waals surface area contributed by atoms with Gasteiger partial charge in [-0.1, -0.05) is 24.3 Å². The Morgan fingerprint density at radius 3 is 2.28 bits per heavy atom. The van der Waals surface area contributed by atoms with Gasteiger partial charge in [-0.05, 0) is 67.4 Å². The van der Waals surface area contributed by atoms with Crippen LogP contribution in [0, 0.1) is 13.8 Å². The number of hydrogen-bond acceptors (Lipinski definition) is 4. The summed E-state index contributed by atoms with van der Waals surface area (Å²) in [7, 11) is -2.39. The number of carbonyl (C=O) groups is 1. The molecule has 0 atom stereocenters. The van der Waals surface area contributed by atoms with Gasteiger partial charge in [0, 0.05) is 11.3 Å². The number of benzene rings is 3. The van der Waals surface area contributed by atoms with E-state index in [2.05, 4.69) is 10.0 Å². The molecule has 3 aromatic carbocycles. The highest BCUT2D eigenvalue weighted by Crippen LogP contribution is 2.29. The fraction of sp³-hybridized carbons (Fsp3) is 0.136. The predicted molar refractivity (Wildman–Crippen MR) is 114 cm³/mol. The fourth-order valence-electron chi connectivity index (χ4n) is 2.75. The summed E-state index contributed by atoms with van der Waals surface area (Å²) in [5.41, 5.74) is 3.25.